The summed E-state index contributed by atoms with van der Waals surface area (Å²) < 4.78 is 0. The maximum Gasteiger partial charge on any atom is 0.167 e. The van der Waals surface area contributed by atoms with E-state index >= 15 is 0 Å². The number of ketones is 1. The van der Waals surface area contributed by atoms with E-state index in [0.717, 1.165) is 17.0 Å². The first-order valence-corrected chi connectivity index (χ1v) is 8.27. The summed E-state index contributed by atoms with van der Waals surface area (Å²) in [5, 5.41) is 0. The van der Waals surface area contributed by atoms with Crippen LogP contribution in [-0.2, 0) is 6.42 Å². The summed E-state index contributed by atoms with van der Waals surface area (Å²) in [6.45, 7) is 6.53. The zero-order chi connectivity index (χ0) is 15.7. The van der Waals surface area contributed by atoms with Crippen molar-refractivity contribution in [3.63, 3.8) is 0 Å². The molecule has 1 aliphatic rings. The predicted octanol–water partition coefficient (Wildman–Crippen LogP) is 5.42. The summed E-state index contributed by atoms with van der Waals surface area (Å²) >= 11 is 0. The lowest BCUT2D eigenvalue weighted by molar-refractivity contribution is 0.0993. The number of hydrogen-bond donors (Lipinski definition) is 0. The van der Waals surface area contributed by atoms with E-state index in [4.69, 9.17) is 0 Å². The molecular weight excluding hydrogens is 268 g/mol. The van der Waals surface area contributed by atoms with Crippen LogP contribution in [0.15, 0.2) is 42.5 Å². The van der Waals surface area contributed by atoms with Crippen molar-refractivity contribution in [2.24, 2.45) is 0 Å². The van der Waals surface area contributed by atoms with Gasteiger partial charge in [0.1, 0.15) is 0 Å². The number of rotatable bonds is 5. The maximum absolute atomic E-state index is 12.5. The molecule has 0 heterocycles. The normalized spacial score (nSPS) is 14.4. The van der Waals surface area contributed by atoms with E-state index in [9.17, 15) is 4.79 Å². The molecule has 1 aliphatic carbocycles. The van der Waals surface area contributed by atoms with Gasteiger partial charge >= 0.3 is 0 Å². The molecule has 0 spiro atoms. The first kappa shape index (κ1) is 15.0. The van der Waals surface area contributed by atoms with Gasteiger partial charge < -0.3 is 0 Å². The minimum Gasteiger partial charge on any atom is -0.294 e. The van der Waals surface area contributed by atoms with Crippen molar-refractivity contribution in [1.29, 1.82) is 0 Å². The van der Waals surface area contributed by atoms with Crippen molar-refractivity contribution in [2.75, 3.05) is 0 Å². The van der Waals surface area contributed by atoms with E-state index in [2.05, 4.69) is 51.1 Å². The van der Waals surface area contributed by atoms with Crippen molar-refractivity contribution < 1.29 is 4.79 Å². The molecule has 0 saturated heterocycles. The summed E-state index contributed by atoms with van der Waals surface area (Å²) in [5.74, 6) is 1.45. The number of benzene rings is 2. The van der Waals surface area contributed by atoms with Gasteiger partial charge in [-0.2, -0.15) is 0 Å². The fourth-order valence-electron chi connectivity index (χ4n) is 3.07. The molecule has 0 bridgehead atoms. The number of carbonyl (C=O) groups is 1. The van der Waals surface area contributed by atoms with Crippen molar-refractivity contribution in [3.8, 4) is 0 Å². The van der Waals surface area contributed by atoms with Crippen molar-refractivity contribution in [1.82, 2.24) is 0 Å². The Morgan fingerprint density at radius 1 is 1.09 bits per heavy atom. The Labute approximate surface area is 133 Å². The average Bonchev–Trinajstić information content (AvgIpc) is 3.34. The maximum atomic E-state index is 12.5. The van der Waals surface area contributed by atoms with Crippen molar-refractivity contribution in [3.05, 3.63) is 70.3 Å². The summed E-state index contributed by atoms with van der Waals surface area (Å²) in [6, 6.07) is 14.6. The van der Waals surface area contributed by atoms with Crippen LogP contribution in [0.4, 0.5) is 0 Å². The van der Waals surface area contributed by atoms with E-state index in [1.165, 1.54) is 29.5 Å². The van der Waals surface area contributed by atoms with Gasteiger partial charge in [0.2, 0.25) is 0 Å². The Kier molecular flexibility index (Phi) is 4.15. The van der Waals surface area contributed by atoms with E-state index in [1.54, 1.807) is 0 Å². The second-order valence-electron chi connectivity index (χ2n) is 6.84. The number of carbonyl (C=O) groups excluding carboxylic acids is 1. The minimum absolute atomic E-state index is 0.209. The monoisotopic (exact) mass is 292 g/mol. The second kappa shape index (κ2) is 6.08. The molecule has 22 heavy (non-hydrogen) atoms. The van der Waals surface area contributed by atoms with Crippen LogP contribution in [0, 0.1) is 6.92 Å². The van der Waals surface area contributed by atoms with E-state index in [-0.39, 0.29) is 5.78 Å². The first-order valence-electron chi connectivity index (χ1n) is 8.27. The molecule has 1 nitrogen and oxygen atoms in total. The standard InChI is InChI=1S/C21H24O/c1-14(2)20-12-16(5-4-15(20)3)13-21(22)19-10-8-18(9-11-19)17-6-7-17/h4-5,8-12,14,17H,6-7,13H2,1-3H3. The predicted molar refractivity (Wildman–Crippen MR) is 91.7 cm³/mol. The quantitative estimate of drug-likeness (QED) is 0.672. The van der Waals surface area contributed by atoms with Crippen molar-refractivity contribution >= 4 is 5.78 Å². The van der Waals surface area contributed by atoms with Crippen LogP contribution in [0.3, 0.4) is 0 Å². The SMILES string of the molecule is Cc1ccc(CC(=O)c2ccc(C3CC3)cc2)cc1C(C)C. The zero-order valence-corrected chi connectivity index (χ0v) is 13.7. The third-order valence-electron chi connectivity index (χ3n) is 4.61. The highest BCUT2D eigenvalue weighted by atomic mass is 16.1. The van der Waals surface area contributed by atoms with Gasteiger partial charge in [-0.15, -0.1) is 0 Å². The fraction of sp³-hybridized carbons (Fsp3) is 0.381. The minimum atomic E-state index is 0.209. The van der Waals surface area contributed by atoms with Crippen LogP contribution in [-0.4, -0.2) is 5.78 Å². The molecule has 0 aliphatic heterocycles. The average molecular weight is 292 g/mol. The molecule has 0 radical (unpaired) electrons. The highest BCUT2D eigenvalue weighted by Gasteiger charge is 2.23. The molecule has 0 N–H and O–H groups in total. The lowest BCUT2D eigenvalue weighted by Crippen LogP contribution is -2.05. The van der Waals surface area contributed by atoms with E-state index < -0.39 is 0 Å². The Bertz CT molecular complexity index is 676. The Hall–Kier alpha value is -1.89. The lowest BCUT2D eigenvalue weighted by Gasteiger charge is -2.12. The molecule has 0 atom stereocenters. The third kappa shape index (κ3) is 3.30. The highest BCUT2D eigenvalue weighted by molar-refractivity contribution is 5.97. The molecule has 1 fully saturated rings. The molecule has 0 amide bonds. The number of aryl methyl sites for hydroxylation is 1. The Morgan fingerprint density at radius 3 is 2.36 bits per heavy atom. The smallest absolute Gasteiger partial charge is 0.167 e. The third-order valence-corrected chi connectivity index (χ3v) is 4.61. The van der Waals surface area contributed by atoms with Crippen LogP contribution < -0.4 is 0 Å². The van der Waals surface area contributed by atoms with E-state index in [1.807, 2.05) is 12.1 Å². The number of Topliss-reactive ketones (excluding diaryl/α,β-unsaturated/α-hetero) is 1. The lowest BCUT2D eigenvalue weighted by atomic mass is 9.93. The van der Waals surface area contributed by atoms with Crippen LogP contribution in [0.1, 0.15) is 71.1 Å². The molecule has 0 unspecified atom stereocenters. The molecule has 1 saturated carbocycles. The van der Waals surface area contributed by atoms with Crippen LogP contribution in [0.5, 0.6) is 0 Å². The van der Waals surface area contributed by atoms with Gasteiger partial charge in [-0.3, -0.25) is 4.79 Å². The Morgan fingerprint density at radius 2 is 1.77 bits per heavy atom. The first-order chi connectivity index (χ1) is 10.5. The van der Waals surface area contributed by atoms with Gasteiger partial charge in [-0.1, -0.05) is 56.3 Å². The van der Waals surface area contributed by atoms with Gasteiger partial charge in [0, 0.05) is 12.0 Å². The van der Waals surface area contributed by atoms with Crippen molar-refractivity contribution in [2.45, 2.75) is 51.9 Å². The molecule has 114 valence electrons. The van der Waals surface area contributed by atoms with E-state index in [0.29, 0.717) is 12.3 Å². The molecule has 2 aromatic rings. The van der Waals surface area contributed by atoms with Gasteiger partial charge in [0.25, 0.3) is 0 Å². The van der Waals surface area contributed by atoms with Gasteiger partial charge in [-0.05, 0) is 53.9 Å². The fourth-order valence-corrected chi connectivity index (χ4v) is 3.07. The zero-order valence-electron chi connectivity index (χ0n) is 13.7. The van der Waals surface area contributed by atoms with Gasteiger partial charge in [-0.25, -0.2) is 0 Å². The largest absolute Gasteiger partial charge is 0.294 e. The van der Waals surface area contributed by atoms with Crippen LogP contribution >= 0.6 is 0 Å². The molecular formula is C21H24O. The number of hydrogen-bond acceptors (Lipinski definition) is 1. The summed E-state index contributed by atoms with van der Waals surface area (Å²) in [4.78, 5) is 12.5. The molecule has 3 rings (SSSR count). The Balaban J connectivity index is 1.74. The molecule has 0 aromatic heterocycles. The summed E-state index contributed by atoms with van der Waals surface area (Å²) in [6.07, 6.45) is 3.09. The van der Waals surface area contributed by atoms with Gasteiger partial charge in [0.15, 0.2) is 5.78 Å². The topological polar surface area (TPSA) is 17.1 Å². The van der Waals surface area contributed by atoms with Crippen LogP contribution in [0.25, 0.3) is 0 Å². The summed E-state index contributed by atoms with van der Waals surface area (Å²) in [7, 11) is 0. The molecule has 2 aromatic carbocycles. The summed E-state index contributed by atoms with van der Waals surface area (Å²) in [5.41, 5.74) is 5.98. The highest BCUT2D eigenvalue weighted by Crippen LogP contribution is 2.39. The van der Waals surface area contributed by atoms with Crippen LogP contribution in [0.2, 0.25) is 0 Å². The van der Waals surface area contributed by atoms with Gasteiger partial charge in [0.05, 0.1) is 0 Å². The second-order valence-corrected chi connectivity index (χ2v) is 6.84. The molecule has 1 heteroatoms.